The van der Waals surface area contributed by atoms with Gasteiger partial charge in [0.25, 0.3) is 5.91 Å². The Kier molecular flexibility index (Phi) is 7.13. The molecule has 2 aromatic rings. The van der Waals surface area contributed by atoms with Gasteiger partial charge in [-0.3, -0.25) is 10.1 Å². The first-order valence-electron chi connectivity index (χ1n) is 8.83. The van der Waals surface area contributed by atoms with Gasteiger partial charge in [-0.15, -0.1) is 17.5 Å². The van der Waals surface area contributed by atoms with Crippen LogP contribution in [0.5, 0.6) is 0 Å². The van der Waals surface area contributed by atoms with Crippen LogP contribution in [0.1, 0.15) is 65.5 Å². The summed E-state index contributed by atoms with van der Waals surface area (Å²) >= 11 is 1.10. The summed E-state index contributed by atoms with van der Waals surface area (Å²) in [6.07, 6.45) is 3.56. The first kappa shape index (κ1) is 22.3. The van der Waals surface area contributed by atoms with Crippen LogP contribution in [-0.2, 0) is 10.2 Å². The fraction of sp³-hybridized carbons (Fsp3) is 0.588. The van der Waals surface area contributed by atoms with Crippen molar-refractivity contribution in [2.75, 3.05) is 25.5 Å². The highest BCUT2D eigenvalue weighted by Crippen LogP contribution is 2.32. The summed E-state index contributed by atoms with van der Waals surface area (Å²) in [6.45, 7) is 7.70. The number of piperidine rings is 1. The van der Waals surface area contributed by atoms with Gasteiger partial charge in [0.05, 0.1) is 25.0 Å². The van der Waals surface area contributed by atoms with Gasteiger partial charge in [0.1, 0.15) is 4.88 Å². The van der Waals surface area contributed by atoms with Gasteiger partial charge in [-0.1, -0.05) is 37.3 Å². The first-order valence-corrected chi connectivity index (χ1v) is 9.64. The normalized spacial score (nSPS) is 15.0. The molecule has 0 aliphatic carbocycles. The number of esters is 1. The first-order chi connectivity index (χ1) is 12.8. The van der Waals surface area contributed by atoms with E-state index in [1.807, 2.05) is 20.8 Å². The lowest BCUT2D eigenvalue weighted by Crippen LogP contribution is -2.29. The molecule has 2 N–H and O–H groups in total. The van der Waals surface area contributed by atoms with Gasteiger partial charge in [-0.25, -0.2) is 14.5 Å². The van der Waals surface area contributed by atoms with Crippen LogP contribution < -0.4 is 10.6 Å². The quantitative estimate of drug-likeness (QED) is 0.719. The lowest BCUT2D eigenvalue weighted by molar-refractivity contribution is 0.0603. The largest absolute Gasteiger partial charge is 0.465 e. The zero-order valence-corrected chi connectivity index (χ0v) is 17.9. The maximum atomic E-state index is 12.5. The average Bonchev–Trinajstić information content (AvgIpc) is 3.29. The molecule has 3 heterocycles. The molecular formula is C17H25ClN6O3S. The number of ether oxygens (including phenoxy) is 1. The van der Waals surface area contributed by atoms with Crippen molar-refractivity contribution in [1.82, 2.24) is 25.3 Å². The number of hydrogen-bond donors (Lipinski definition) is 2. The minimum absolute atomic E-state index is 0. The number of aromatic nitrogens is 4. The zero-order valence-electron chi connectivity index (χ0n) is 16.3. The second-order valence-electron chi connectivity index (χ2n) is 7.46. The fourth-order valence-corrected chi connectivity index (χ4v) is 3.99. The van der Waals surface area contributed by atoms with Crippen molar-refractivity contribution in [1.29, 1.82) is 0 Å². The number of rotatable bonds is 4. The number of nitrogens with zero attached hydrogens (tertiary/aromatic N) is 4. The predicted octanol–water partition coefficient (Wildman–Crippen LogP) is 2.42. The summed E-state index contributed by atoms with van der Waals surface area (Å²) in [4.78, 5) is 29.4. The lowest BCUT2D eigenvalue weighted by atomic mass is 9.91. The second kappa shape index (κ2) is 8.97. The van der Waals surface area contributed by atoms with Crippen LogP contribution in [0.25, 0.3) is 0 Å². The molecule has 1 saturated heterocycles. The fourth-order valence-electron chi connectivity index (χ4n) is 2.90. The number of amides is 1. The molecule has 0 spiro atoms. The minimum atomic E-state index is -0.463. The second-order valence-corrected chi connectivity index (χ2v) is 8.46. The third-order valence-corrected chi connectivity index (χ3v) is 5.31. The molecule has 0 atom stereocenters. The van der Waals surface area contributed by atoms with Crippen molar-refractivity contribution < 1.29 is 14.3 Å². The predicted molar refractivity (Wildman–Crippen MR) is 109 cm³/mol. The van der Waals surface area contributed by atoms with E-state index >= 15 is 0 Å². The van der Waals surface area contributed by atoms with Crippen LogP contribution in [0.15, 0.2) is 6.20 Å². The summed E-state index contributed by atoms with van der Waals surface area (Å²) in [5.41, 5.74) is 0.454. The molecular weight excluding hydrogens is 404 g/mol. The Morgan fingerprint density at radius 2 is 2.00 bits per heavy atom. The molecule has 0 unspecified atom stereocenters. The van der Waals surface area contributed by atoms with Crippen LogP contribution in [0.4, 0.5) is 5.13 Å². The number of carbonyl (C=O) groups is 2. The Balaban J connectivity index is 0.00000280. The van der Waals surface area contributed by atoms with Crippen LogP contribution in [0, 0.1) is 0 Å². The van der Waals surface area contributed by atoms with Gasteiger partial charge in [0, 0.05) is 5.41 Å². The van der Waals surface area contributed by atoms with Gasteiger partial charge >= 0.3 is 5.97 Å². The molecule has 154 valence electrons. The number of nitrogens with one attached hydrogen (secondary N) is 2. The third kappa shape index (κ3) is 4.86. The molecule has 9 nitrogen and oxygen atoms in total. The number of carbonyl (C=O) groups excluding carboxylic acids is 2. The Bertz CT molecular complexity index is 838. The molecule has 3 rings (SSSR count). The Morgan fingerprint density at radius 3 is 2.61 bits per heavy atom. The number of hydrogen-bond acceptors (Lipinski definition) is 8. The molecule has 1 aliphatic rings. The topological polar surface area (TPSA) is 111 Å². The minimum Gasteiger partial charge on any atom is -0.465 e. The highest BCUT2D eigenvalue weighted by atomic mass is 35.5. The molecule has 0 radical (unpaired) electrons. The Morgan fingerprint density at radius 1 is 1.32 bits per heavy atom. The summed E-state index contributed by atoms with van der Waals surface area (Å²) in [5, 5.41) is 14.4. The molecule has 1 aliphatic heterocycles. The molecule has 11 heteroatoms. The van der Waals surface area contributed by atoms with Crippen LogP contribution in [0.3, 0.4) is 0 Å². The van der Waals surface area contributed by atoms with Crippen molar-refractivity contribution in [3.8, 4) is 0 Å². The average molecular weight is 429 g/mol. The van der Waals surface area contributed by atoms with Gasteiger partial charge in [0.2, 0.25) is 0 Å². The maximum Gasteiger partial charge on any atom is 0.350 e. The highest BCUT2D eigenvalue weighted by molar-refractivity contribution is 7.17. The van der Waals surface area contributed by atoms with Crippen molar-refractivity contribution >= 4 is 40.8 Å². The molecule has 2 aromatic heterocycles. The molecule has 0 bridgehead atoms. The molecule has 0 saturated carbocycles. The van der Waals surface area contributed by atoms with Gasteiger partial charge in [-0.2, -0.15) is 0 Å². The standard InChI is InChI=1S/C17H24N6O3S.ClH/c1-17(2,3)13-12(15(25)26-4)27-16(19-13)20-14(24)11-9-23(22-21-11)10-5-7-18-8-6-10;/h9-10,18H,5-8H2,1-4H3,(H,19,20,24);1H. The van der Waals surface area contributed by atoms with Crippen LogP contribution >= 0.6 is 23.7 Å². The van der Waals surface area contributed by atoms with E-state index in [2.05, 4.69) is 25.9 Å². The van der Waals surface area contributed by atoms with E-state index in [0.29, 0.717) is 15.7 Å². The number of anilines is 1. The molecule has 1 fully saturated rings. The highest BCUT2D eigenvalue weighted by Gasteiger charge is 2.28. The third-order valence-electron chi connectivity index (χ3n) is 4.35. The Hall–Kier alpha value is -2.04. The van der Waals surface area contributed by atoms with E-state index in [1.165, 1.54) is 7.11 Å². The Labute approximate surface area is 173 Å². The summed E-state index contributed by atoms with van der Waals surface area (Å²) in [6, 6.07) is 0.249. The SMILES string of the molecule is COC(=O)c1sc(NC(=O)c2cn(C3CCNCC3)nn2)nc1C(C)(C)C.Cl. The number of methoxy groups -OCH3 is 1. The van der Waals surface area contributed by atoms with Gasteiger partial charge < -0.3 is 10.1 Å². The van der Waals surface area contributed by atoms with E-state index in [-0.39, 0.29) is 29.6 Å². The van der Waals surface area contributed by atoms with Crippen molar-refractivity contribution in [3.63, 3.8) is 0 Å². The lowest BCUT2D eigenvalue weighted by Gasteiger charge is -2.21. The van der Waals surface area contributed by atoms with Crippen molar-refractivity contribution in [2.45, 2.75) is 45.1 Å². The molecule has 1 amide bonds. The van der Waals surface area contributed by atoms with Crippen molar-refractivity contribution in [2.24, 2.45) is 0 Å². The molecule has 28 heavy (non-hydrogen) atoms. The van der Waals surface area contributed by atoms with Gasteiger partial charge in [-0.05, 0) is 25.9 Å². The van der Waals surface area contributed by atoms with Crippen LogP contribution in [0.2, 0.25) is 0 Å². The maximum absolute atomic E-state index is 12.5. The monoisotopic (exact) mass is 428 g/mol. The smallest absolute Gasteiger partial charge is 0.350 e. The van der Waals surface area contributed by atoms with E-state index < -0.39 is 11.9 Å². The van der Waals surface area contributed by atoms with Crippen molar-refractivity contribution in [3.05, 3.63) is 22.5 Å². The number of halogens is 1. The zero-order chi connectivity index (χ0) is 19.6. The van der Waals surface area contributed by atoms with E-state index in [0.717, 1.165) is 37.3 Å². The van der Waals surface area contributed by atoms with E-state index in [9.17, 15) is 9.59 Å². The summed E-state index contributed by atoms with van der Waals surface area (Å²) in [5.74, 6) is -0.865. The van der Waals surface area contributed by atoms with E-state index in [4.69, 9.17) is 4.74 Å². The summed E-state index contributed by atoms with van der Waals surface area (Å²) < 4.78 is 6.58. The summed E-state index contributed by atoms with van der Waals surface area (Å²) in [7, 11) is 1.33. The van der Waals surface area contributed by atoms with E-state index in [1.54, 1.807) is 10.9 Å². The van der Waals surface area contributed by atoms with Gasteiger partial charge in [0.15, 0.2) is 10.8 Å². The van der Waals surface area contributed by atoms with Crippen LogP contribution in [-0.4, -0.2) is 52.1 Å². The molecule has 0 aromatic carbocycles. The number of thiazole rings is 1.